The molecule has 1 aliphatic heterocycles. The maximum atomic E-state index is 12.6. The summed E-state index contributed by atoms with van der Waals surface area (Å²) in [5.41, 5.74) is 2.37. The first-order valence-electron chi connectivity index (χ1n) is 10.5. The topological polar surface area (TPSA) is 50.8 Å². The second-order valence-electron chi connectivity index (χ2n) is 7.52. The number of para-hydroxylation sites is 1. The molecule has 1 atom stereocenters. The summed E-state index contributed by atoms with van der Waals surface area (Å²) in [6, 6.07) is 16.5. The lowest BCUT2D eigenvalue weighted by molar-refractivity contribution is -0.122. The molecular weight excluding hydrogens is 364 g/mol. The quantitative estimate of drug-likeness (QED) is 0.733. The van der Waals surface area contributed by atoms with Gasteiger partial charge >= 0.3 is 0 Å². The predicted octanol–water partition coefficient (Wildman–Crippen LogP) is 3.98. The Balaban J connectivity index is 1.57. The summed E-state index contributed by atoms with van der Waals surface area (Å²) in [5, 5.41) is 3.08. The number of carbonyl (C=O) groups excluding carboxylic acids is 1. The number of benzene rings is 2. The Kier molecular flexibility index (Phi) is 7.94. The molecule has 3 rings (SSSR count). The summed E-state index contributed by atoms with van der Waals surface area (Å²) >= 11 is 0. The van der Waals surface area contributed by atoms with Crippen molar-refractivity contribution in [2.45, 2.75) is 38.1 Å². The third-order valence-electron chi connectivity index (χ3n) is 5.62. The van der Waals surface area contributed by atoms with E-state index in [4.69, 9.17) is 9.47 Å². The molecule has 1 amide bonds. The largest absolute Gasteiger partial charge is 0.497 e. The van der Waals surface area contributed by atoms with E-state index in [-0.39, 0.29) is 11.9 Å². The number of amides is 1. The molecule has 1 aliphatic rings. The first-order chi connectivity index (χ1) is 14.2. The van der Waals surface area contributed by atoms with Crippen LogP contribution >= 0.6 is 0 Å². The summed E-state index contributed by atoms with van der Waals surface area (Å²) in [6.07, 6.45) is 5.40. The second kappa shape index (κ2) is 10.9. The van der Waals surface area contributed by atoms with Gasteiger partial charge in [0, 0.05) is 12.6 Å². The molecule has 0 radical (unpaired) electrons. The van der Waals surface area contributed by atoms with E-state index in [1.165, 1.54) is 18.4 Å². The van der Waals surface area contributed by atoms with Gasteiger partial charge in [-0.05, 0) is 55.1 Å². The van der Waals surface area contributed by atoms with Gasteiger partial charge in [0.2, 0.25) is 5.91 Å². The number of hydrogen-bond acceptors (Lipinski definition) is 4. The van der Waals surface area contributed by atoms with Crippen molar-refractivity contribution in [2.24, 2.45) is 0 Å². The van der Waals surface area contributed by atoms with Crippen molar-refractivity contribution in [2.75, 3.05) is 33.9 Å². The Morgan fingerprint density at radius 2 is 1.83 bits per heavy atom. The first kappa shape index (κ1) is 21.2. The second-order valence-corrected chi connectivity index (χ2v) is 7.52. The van der Waals surface area contributed by atoms with Gasteiger partial charge in [0.05, 0.1) is 20.8 Å². The van der Waals surface area contributed by atoms with E-state index in [0.29, 0.717) is 13.1 Å². The Hall–Kier alpha value is -2.53. The standard InChI is InChI=1S/C24H32N2O3/c1-28-21-13-11-19(12-14-21)22-9-4-3-7-17-26(22)18-24(27)25-16-15-20-8-5-6-10-23(20)29-2/h5-6,8,10-14,22H,3-4,7,9,15-18H2,1-2H3,(H,25,27). The van der Waals surface area contributed by atoms with Crippen LogP contribution in [0.2, 0.25) is 0 Å². The first-order valence-corrected chi connectivity index (χ1v) is 10.5. The minimum absolute atomic E-state index is 0.0836. The maximum absolute atomic E-state index is 12.6. The molecule has 2 aromatic rings. The van der Waals surface area contributed by atoms with Crippen molar-refractivity contribution in [3.05, 3.63) is 59.7 Å². The SMILES string of the molecule is COc1ccc(C2CCCCCN2CC(=O)NCCc2ccccc2OC)cc1. The zero-order valence-electron chi connectivity index (χ0n) is 17.5. The lowest BCUT2D eigenvalue weighted by Gasteiger charge is -2.30. The number of likely N-dealkylation sites (tertiary alicyclic amines) is 1. The molecule has 0 aromatic heterocycles. The van der Waals surface area contributed by atoms with Crippen LogP contribution in [0, 0.1) is 0 Å². The van der Waals surface area contributed by atoms with E-state index in [0.717, 1.165) is 42.9 Å². The minimum atomic E-state index is 0.0836. The molecule has 0 aliphatic carbocycles. The molecule has 0 spiro atoms. The number of hydrogen-bond donors (Lipinski definition) is 1. The van der Waals surface area contributed by atoms with E-state index in [9.17, 15) is 4.79 Å². The lowest BCUT2D eigenvalue weighted by Crippen LogP contribution is -2.40. The summed E-state index contributed by atoms with van der Waals surface area (Å²) in [5.74, 6) is 1.82. The van der Waals surface area contributed by atoms with Crippen molar-refractivity contribution >= 4 is 5.91 Å². The lowest BCUT2D eigenvalue weighted by atomic mass is 10.0. The monoisotopic (exact) mass is 396 g/mol. The molecule has 0 bridgehead atoms. The van der Waals surface area contributed by atoms with Gasteiger partial charge in [-0.15, -0.1) is 0 Å². The van der Waals surface area contributed by atoms with Gasteiger partial charge in [-0.25, -0.2) is 0 Å². The average Bonchev–Trinajstić information content (AvgIpc) is 2.99. The normalized spacial score (nSPS) is 17.4. The number of nitrogens with zero attached hydrogens (tertiary/aromatic N) is 1. The van der Waals surface area contributed by atoms with Gasteiger partial charge in [-0.1, -0.05) is 43.2 Å². The van der Waals surface area contributed by atoms with Crippen LogP contribution in [-0.2, 0) is 11.2 Å². The molecule has 1 fully saturated rings. The molecule has 1 saturated heterocycles. The smallest absolute Gasteiger partial charge is 0.234 e. The van der Waals surface area contributed by atoms with Gasteiger partial charge < -0.3 is 14.8 Å². The molecule has 1 heterocycles. The highest BCUT2D eigenvalue weighted by Crippen LogP contribution is 2.30. The van der Waals surface area contributed by atoms with E-state index >= 15 is 0 Å². The summed E-state index contributed by atoms with van der Waals surface area (Å²) < 4.78 is 10.7. The number of nitrogens with one attached hydrogen (secondary N) is 1. The molecule has 29 heavy (non-hydrogen) atoms. The van der Waals surface area contributed by atoms with Crippen LogP contribution in [0.5, 0.6) is 11.5 Å². The van der Waals surface area contributed by atoms with E-state index in [2.05, 4.69) is 22.3 Å². The van der Waals surface area contributed by atoms with Crippen molar-refractivity contribution in [1.29, 1.82) is 0 Å². The number of methoxy groups -OCH3 is 2. The van der Waals surface area contributed by atoms with Crippen LogP contribution in [-0.4, -0.2) is 44.7 Å². The maximum Gasteiger partial charge on any atom is 0.234 e. The van der Waals surface area contributed by atoms with Crippen molar-refractivity contribution in [1.82, 2.24) is 10.2 Å². The van der Waals surface area contributed by atoms with Gasteiger partial charge in [0.1, 0.15) is 11.5 Å². The van der Waals surface area contributed by atoms with Gasteiger partial charge in [0.15, 0.2) is 0 Å². The number of rotatable bonds is 8. The van der Waals surface area contributed by atoms with E-state index in [1.807, 2.05) is 36.4 Å². The summed E-state index contributed by atoms with van der Waals surface area (Å²) in [7, 11) is 3.36. The van der Waals surface area contributed by atoms with Crippen LogP contribution in [0.4, 0.5) is 0 Å². The van der Waals surface area contributed by atoms with Crippen LogP contribution in [0.25, 0.3) is 0 Å². The Morgan fingerprint density at radius 1 is 1.03 bits per heavy atom. The number of ether oxygens (including phenoxy) is 2. The third-order valence-corrected chi connectivity index (χ3v) is 5.62. The Morgan fingerprint density at radius 3 is 2.59 bits per heavy atom. The Labute approximate surface area is 174 Å². The van der Waals surface area contributed by atoms with Crippen LogP contribution in [0.15, 0.2) is 48.5 Å². The molecule has 1 N–H and O–H groups in total. The molecule has 0 saturated carbocycles. The van der Waals surface area contributed by atoms with E-state index < -0.39 is 0 Å². The fraction of sp³-hybridized carbons (Fsp3) is 0.458. The highest BCUT2D eigenvalue weighted by Gasteiger charge is 2.24. The molecule has 5 heteroatoms. The average molecular weight is 397 g/mol. The fourth-order valence-electron chi connectivity index (χ4n) is 4.05. The fourth-order valence-corrected chi connectivity index (χ4v) is 4.05. The van der Waals surface area contributed by atoms with Gasteiger partial charge in [0.25, 0.3) is 0 Å². The summed E-state index contributed by atoms with van der Waals surface area (Å²) in [4.78, 5) is 15.0. The zero-order valence-corrected chi connectivity index (χ0v) is 17.5. The molecule has 156 valence electrons. The van der Waals surface area contributed by atoms with Crippen LogP contribution < -0.4 is 14.8 Å². The van der Waals surface area contributed by atoms with Gasteiger partial charge in [-0.3, -0.25) is 9.69 Å². The molecular formula is C24H32N2O3. The highest BCUT2D eigenvalue weighted by atomic mass is 16.5. The predicted molar refractivity (Wildman–Crippen MR) is 115 cm³/mol. The van der Waals surface area contributed by atoms with Crippen LogP contribution in [0.1, 0.15) is 42.9 Å². The van der Waals surface area contributed by atoms with Crippen molar-refractivity contribution < 1.29 is 14.3 Å². The van der Waals surface area contributed by atoms with Gasteiger partial charge in [-0.2, -0.15) is 0 Å². The molecule has 1 unspecified atom stereocenters. The Bertz CT molecular complexity index is 776. The minimum Gasteiger partial charge on any atom is -0.497 e. The highest BCUT2D eigenvalue weighted by molar-refractivity contribution is 5.78. The van der Waals surface area contributed by atoms with E-state index in [1.54, 1.807) is 14.2 Å². The zero-order chi connectivity index (χ0) is 20.5. The third kappa shape index (κ3) is 5.97. The molecule has 2 aromatic carbocycles. The van der Waals surface area contributed by atoms with Crippen molar-refractivity contribution in [3.8, 4) is 11.5 Å². The summed E-state index contributed by atoms with van der Waals surface area (Å²) in [6.45, 7) is 2.00. The number of carbonyl (C=O) groups is 1. The van der Waals surface area contributed by atoms with Crippen LogP contribution in [0.3, 0.4) is 0 Å². The molecule has 5 nitrogen and oxygen atoms in total. The van der Waals surface area contributed by atoms with Crippen molar-refractivity contribution in [3.63, 3.8) is 0 Å².